The number of aliphatic hydroxyl groups excluding tert-OH is 1. The van der Waals surface area contributed by atoms with Crippen molar-refractivity contribution in [2.75, 3.05) is 0 Å². The SMILES string of the molecule is CCC(O)S. The highest BCUT2D eigenvalue weighted by molar-refractivity contribution is 7.80. The van der Waals surface area contributed by atoms with Crippen LogP contribution in [0.4, 0.5) is 0 Å². The molecule has 0 spiro atoms. The highest BCUT2D eigenvalue weighted by Gasteiger charge is 1.82. The van der Waals surface area contributed by atoms with E-state index < -0.39 is 5.44 Å². The summed E-state index contributed by atoms with van der Waals surface area (Å²) in [4.78, 5) is 0. The maximum atomic E-state index is 8.23. The molecule has 0 rings (SSSR count). The second kappa shape index (κ2) is 2.54. The molecule has 0 aliphatic rings. The van der Waals surface area contributed by atoms with Crippen molar-refractivity contribution >= 4 is 12.6 Å². The minimum Gasteiger partial charge on any atom is -0.383 e. The van der Waals surface area contributed by atoms with Crippen molar-refractivity contribution in [1.29, 1.82) is 0 Å². The van der Waals surface area contributed by atoms with Gasteiger partial charge >= 0.3 is 0 Å². The third-order valence-electron chi connectivity index (χ3n) is 0.365. The summed E-state index contributed by atoms with van der Waals surface area (Å²) in [6.45, 7) is 1.87. The quantitative estimate of drug-likeness (QED) is 0.359. The zero-order valence-electron chi connectivity index (χ0n) is 3.18. The highest BCUT2D eigenvalue weighted by atomic mass is 32.1. The van der Waals surface area contributed by atoms with Crippen LogP contribution in [0.15, 0.2) is 0 Å². The summed E-state index contributed by atoms with van der Waals surface area (Å²) in [6.07, 6.45) is 0.725. The maximum Gasteiger partial charge on any atom is 0.0962 e. The Hall–Kier alpha value is 0.310. The number of hydrogen-bond donors (Lipinski definition) is 2. The van der Waals surface area contributed by atoms with Crippen molar-refractivity contribution in [3.8, 4) is 0 Å². The van der Waals surface area contributed by atoms with Gasteiger partial charge in [-0.25, -0.2) is 0 Å². The fraction of sp³-hybridized carbons (Fsp3) is 1.00. The Bertz CT molecular complexity index is 20.9. The number of thiol groups is 1. The van der Waals surface area contributed by atoms with Gasteiger partial charge in [-0.15, -0.1) is 12.6 Å². The molecular formula is C3H8OS. The first kappa shape index (κ1) is 5.31. The van der Waals surface area contributed by atoms with Crippen LogP contribution < -0.4 is 0 Å². The van der Waals surface area contributed by atoms with Gasteiger partial charge in [0.15, 0.2) is 0 Å². The molecule has 1 unspecified atom stereocenters. The van der Waals surface area contributed by atoms with Crippen LogP contribution in [0.1, 0.15) is 13.3 Å². The zero-order chi connectivity index (χ0) is 4.28. The summed E-state index contributed by atoms with van der Waals surface area (Å²) in [6, 6.07) is 0. The molecule has 32 valence electrons. The average molecular weight is 92.2 g/mol. The predicted molar refractivity (Wildman–Crippen MR) is 25.3 cm³/mol. The molecular weight excluding hydrogens is 84.1 g/mol. The third-order valence-corrected chi connectivity index (χ3v) is 0.730. The summed E-state index contributed by atoms with van der Waals surface area (Å²) in [5.74, 6) is 0. The van der Waals surface area contributed by atoms with Crippen LogP contribution in [0.2, 0.25) is 0 Å². The van der Waals surface area contributed by atoms with Gasteiger partial charge in [0.25, 0.3) is 0 Å². The molecule has 0 aromatic carbocycles. The smallest absolute Gasteiger partial charge is 0.0962 e. The molecule has 0 heterocycles. The maximum absolute atomic E-state index is 8.23. The second-order valence-electron chi connectivity index (χ2n) is 0.889. The molecule has 2 heteroatoms. The van der Waals surface area contributed by atoms with Gasteiger partial charge in [-0.3, -0.25) is 0 Å². The largest absolute Gasteiger partial charge is 0.383 e. The first-order valence-corrected chi connectivity index (χ1v) is 2.15. The second-order valence-corrected chi connectivity index (χ2v) is 1.48. The summed E-state index contributed by atoms with van der Waals surface area (Å²) >= 11 is 3.65. The van der Waals surface area contributed by atoms with Crippen LogP contribution in [0, 0.1) is 0 Å². The molecule has 0 saturated heterocycles. The molecule has 1 atom stereocenters. The molecule has 1 N–H and O–H groups in total. The van der Waals surface area contributed by atoms with Crippen molar-refractivity contribution in [2.24, 2.45) is 0 Å². The van der Waals surface area contributed by atoms with E-state index in [4.69, 9.17) is 5.11 Å². The Kier molecular flexibility index (Phi) is 2.70. The molecule has 0 aromatic heterocycles. The van der Waals surface area contributed by atoms with Gasteiger partial charge in [-0.2, -0.15) is 0 Å². The highest BCUT2D eigenvalue weighted by Crippen LogP contribution is 1.90. The van der Waals surface area contributed by atoms with E-state index in [9.17, 15) is 0 Å². The number of aliphatic hydroxyl groups is 1. The van der Waals surface area contributed by atoms with Crippen LogP contribution in [0.25, 0.3) is 0 Å². The summed E-state index contributed by atoms with van der Waals surface area (Å²) < 4.78 is 0. The van der Waals surface area contributed by atoms with Crippen LogP contribution >= 0.6 is 12.6 Å². The Morgan fingerprint density at radius 2 is 2.20 bits per heavy atom. The predicted octanol–water partition coefficient (Wildman–Crippen LogP) is 0.645. The average Bonchev–Trinajstić information content (AvgIpc) is 1.38. The summed E-state index contributed by atoms with van der Waals surface area (Å²) in [7, 11) is 0. The van der Waals surface area contributed by atoms with E-state index in [0.717, 1.165) is 6.42 Å². The summed E-state index contributed by atoms with van der Waals surface area (Å²) in [5.41, 5.74) is -0.421. The van der Waals surface area contributed by atoms with Gasteiger partial charge in [0, 0.05) is 0 Å². The van der Waals surface area contributed by atoms with Gasteiger partial charge in [0.1, 0.15) is 0 Å². The lowest BCUT2D eigenvalue weighted by Gasteiger charge is -1.89. The van der Waals surface area contributed by atoms with Gasteiger partial charge in [0.2, 0.25) is 0 Å². The Morgan fingerprint density at radius 3 is 2.20 bits per heavy atom. The molecule has 0 fully saturated rings. The number of hydrogen-bond acceptors (Lipinski definition) is 2. The van der Waals surface area contributed by atoms with Crippen molar-refractivity contribution in [1.82, 2.24) is 0 Å². The Morgan fingerprint density at radius 1 is 2.00 bits per heavy atom. The lowest BCUT2D eigenvalue weighted by atomic mass is 10.5. The minimum absolute atomic E-state index is 0.421. The van der Waals surface area contributed by atoms with E-state index >= 15 is 0 Å². The van der Waals surface area contributed by atoms with Gasteiger partial charge in [-0.1, -0.05) is 6.92 Å². The minimum atomic E-state index is -0.421. The van der Waals surface area contributed by atoms with Crippen molar-refractivity contribution in [3.05, 3.63) is 0 Å². The molecule has 1 nitrogen and oxygen atoms in total. The fourth-order valence-electron chi connectivity index (χ4n) is 0. The van der Waals surface area contributed by atoms with Crippen LogP contribution in [-0.2, 0) is 0 Å². The number of rotatable bonds is 1. The van der Waals surface area contributed by atoms with E-state index in [2.05, 4.69) is 12.6 Å². The molecule has 5 heavy (non-hydrogen) atoms. The topological polar surface area (TPSA) is 20.2 Å². The first-order valence-electron chi connectivity index (χ1n) is 1.63. The van der Waals surface area contributed by atoms with E-state index in [1.54, 1.807) is 0 Å². The van der Waals surface area contributed by atoms with Crippen molar-refractivity contribution in [2.45, 2.75) is 18.8 Å². The lowest BCUT2D eigenvalue weighted by molar-refractivity contribution is 0.261. The van der Waals surface area contributed by atoms with E-state index in [-0.39, 0.29) is 0 Å². The standard InChI is InChI=1S/C3H8OS/c1-2-3(4)5/h3-5H,2H2,1H3. The van der Waals surface area contributed by atoms with Crippen LogP contribution in [0.5, 0.6) is 0 Å². The summed E-state index contributed by atoms with van der Waals surface area (Å²) in [5, 5.41) is 8.23. The van der Waals surface area contributed by atoms with Gasteiger partial charge < -0.3 is 5.11 Å². The molecule has 0 saturated carbocycles. The molecule has 0 aromatic rings. The molecule has 0 aliphatic carbocycles. The zero-order valence-corrected chi connectivity index (χ0v) is 4.07. The fourth-order valence-corrected chi connectivity index (χ4v) is 0. The Balaban J connectivity index is 2.54. The molecule has 0 bridgehead atoms. The lowest BCUT2D eigenvalue weighted by Crippen LogP contribution is -1.88. The molecule has 0 amide bonds. The van der Waals surface area contributed by atoms with Crippen LogP contribution in [0.3, 0.4) is 0 Å². The molecule has 0 radical (unpaired) electrons. The normalized spacial score (nSPS) is 15.0. The monoisotopic (exact) mass is 92.0 g/mol. The van der Waals surface area contributed by atoms with Gasteiger partial charge in [-0.05, 0) is 6.42 Å². The van der Waals surface area contributed by atoms with Crippen molar-refractivity contribution < 1.29 is 5.11 Å². The van der Waals surface area contributed by atoms with E-state index in [1.807, 2.05) is 6.92 Å². The third kappa shape index (κ3) is 4.31. The van der Waals surface area contributed by atoms with E-state index in [1.165, 1.54) is 0 Å². The molecule has 0 aliphatic heterocycles. The van der Waals surface area contributed by atoms with Crippen LogP contribution in [-0.4, -0.2) is 10.5 Å². The van der Waals surface area contributed by atoms with Crippen molar-refractivity contribution in [3.63, 3.8) is 0 Å². The van der Waals surface area contributed by atoms with Gasteiger partial charge in [0.05, 0.1) is 5.44 Å². The Labute approximate surface area is 37.4 Å². The van der Waals surface area contributed by atoms with E-state index in [0.29, 0.717) is 0 Å². The first-order chi connectivity index (χ1) is 2.27.